The van der Waals surface area contributed by atoms with Crippen LogP contribution in [0.15, 0.2) is 59.0 Å². The minimum Gasteiger partial charge on any atom is -0.486 e. The van der Waals surface area contributed by atoms with Crippen LogP contribution in [0.1, 0.15) is 32.2 Å². The van der Waals surface area contributed by atoms with E-state index < -0.39 is 17.6 Å². The Balaban J connectivity index is 1.70. The number of furan rings is 1. The van der Waals surface area contributed by atoms with E-state index >= 15 is 0 Å². The van der Waals surface area contributed by atoms with Crippen LogP contribution >= 0.6 is 0 Å². The van der Waals surface area contributed by atoms with Crippen molar-refractivity contribution in [2.24, 2.45) is 5.73 Å². The van der Waals surface area contributed by atoms with E-state index in [9.17, 15) is 14.0 Å². The molecule has 3 rings (SSSR count). The van der Waals surface area contributed by atoms with E-state index in [-0.39, 0.29) is 29.2 Å². The molecule has 2 aromatic carbocycles. The van der Waals surface area contributed by atoms with Crippen LogP contribution in [-0.4, -0.2) is 11.8 Å². The third-order valence-corrected chi connectivity index (χ3v) is 3.89. The molecule has 0 saturated heterocycles. The second-order valence-corrected chi connectivity index (χ2v) is 5.82. The number of rotatable bonds is 6. The van der Waals surface area contributed by atoms with Gasteiger partial charge in [-0.3, -0.25) is 9.59 Å². The lowest BCUT2D eigenvalue weighted by molar-refractivity contribution is 0.0985. The molecule has 0 atom stereocenters. The maximum Gasteiger partial charge on any atom is 0.291 e. The Morgan fingerprint density at radius 1 is 1.15 bits per heavy atom. The van der Waals surface area contributed by atoms with Crippen LogP contribution in [0.5, 0.6) is 5.75 Å². The minimum atomic E-state index is -0.789. The van der Waals surface area contributed by atoms with Crippen molar-refractivity contribution in [3.63, 3.8) is 0 Å². The molecule has 6 nitrogen and oxygen atoms in total. The second-order valence-electron chi connectivity index (χ2n) is 5.82. The van der Waals surface area contributed by atoms with Crippen molar-refractivity contribution in [3.8, 4) is 5.75 Å². The zero-order valence-electron chi connectivity index (χ0n) is 14.5. The SMILES string of the molecule is Cc1c(F)cc(C(N)=O)cc1NC(=O)c1ccc(COc2ccccc2)o1. The van der Waals surface area contributed by atoms with Gasteiger partial charge in [-0.15, -0.1) is 0 Å². The number of carbonyl (C=O) groups is 2. The van der Waals surface area contributed by atoms with Crippen molar-refractivity contribution in [2.45, 2.75) is 13.5 Å². The fourth-order valence-corrected chi connectivity index (χ4v) is 2.38. The van der Waals surface area contributed by atoms with Crippen molar-refractivity contribution >= 4 is 17.5 Å². The van der Waals surface area contributed by atoms with Gasteiger partial charge in [0, 0.05) is 16.8 Å². The molecule has 138 valence electrons. The number of ether oxygens (including phenoxy) is 1. The van der Waals surface area contributed by atoms with Crippen molar-refractivity contribution < 1.29 is 23.1 Å². The summed E-state index contributed by atoms with van der Waals surface area (Å²) in [6.07, 6.45) is 0. The minimum absolute atomic E-state index is 0.0333. The van der Waals surface area contributed by atoms with Gasteiger partial charge in [0.1, 0.15) is 23.9 Å². The topological polar surface area (TPSA) is 94.6 Å². The summed E-state index contributed by atoms with van der Waals surface area (Å²) in [7, 11) is 0. The number of primary amides is 1. The molecular formula is C20H17FN2O4. The lowest BCUT2D eigenvalue weighted by Gasteiger charge is -2.10. The Morgan fingerprint density at radius 2 is 1.89 bits per heavy atom. The fourth-order valence-electron chi connectivity index (χ4n) is 2.38. The number of halogens is 1. The van der Waals surface area contributed by atoms with Crippen molar-refractivity contribution in [1.29, 1.82) is 0 Å². The Hall–Kier alpha value is -3.61. The summed E-state index contributed by atoms with van der Waals surface area (Å²) in [6.45, 7) is 1.64. The highest BCUT2D eigenvalue weighted by molar-refractivity contribution is 6.03. The lowest BCUT2D eigenvalue weighted by atomic mass is 10.1. The predicted molar refractivity (Wildman–Crippen MR) is 97.1 cm³/mol. The highest BCUT2D eigenvalue weighted by Crippen LogP contribution is 2.22. The van der Waals surface area contributed by atoms with E-state index in [0.717, 1.165) is 6.07 Å². The molecule has 3 aromatic rings. The van der Waals surface area contributed by atoms with E-state index in [1.165, 1.54) is 19.1 Å². The van der Waals surface area contributed by atoms with Crippen LogP contribution in [0, 0.1) is 12.7 Å². The predicted octanol–water partition coefficient (Wildman–Crippen LogP) is 3.66. The number of hydrogen-bond donors (Lipinski definition) is 2. The summed E-state index contributed by atoms with van der Waals surface area (Å²) < 4.78 is 24.9. The van der Waals surface area contributed by atoms with E-state index in [2.05, 4.69) is 5.32 Å². The molecule has 0 aliphatic carbocycles. The normalized spacial score (nSPS) is 10.4. The summed E-state index contributed by atoms with van der Waals surface area (Å²) in [4.78, 5) is 23.6. The third-order valence-electron chi connectivity index (χ3n) is 3.89. The van der Waals surface area contributed by atoms with Crippen LogP contribution < -0.4 is 15.8 Å². The summed E-state index contributed by atoms with van der Waals surface area (Å²) >= 11 is 0. The molecule has 0 aliphatic heterocycles. The Bertz CT molecular complexity index is 983. The number of nitrogens with two attached hydrogens (primary N) is 1. The van der Waals surface area contributed by atoms with Crippen LogP contribution in [-0.2, 0) is 6.61 Å². The number of benzene rings is 2. The van der Waals surface area contributed by atoms with Gasteiger partial charge in [0.05, 0.1) is 0 Å². The molecule has 1 heterocycles. The summed E-state index contributed by atoms with van der Waals surface area (Å²) in [6, 6.07) is 14.6. The Labute approximate surface area is 154 Å². The quantitative estimate of drug-likeness (QED) is 0.694. The zero-order valence-corrected chi connectivity index (χ0v) is 14.5. The van der Waals surface area contributed by atoms with Crippen molar-refractivity contribution in [3.05, 3.63) is 83.1 Å². The van der Waals surface area contributed by atoms with Gasteiger partial charge in [0.15, 0.2) is 5.76 Å². The van der Waals surface area contributed by atoms with Gasteiger partial charge in [-0.05, 0) is 43.3 Å². The molecule has 0 bridgehead atoms. The number of anilines is 1. The molecule has 0 radical (unpaired) electrons. The molecule has 3 N–H and O–H groups in total. The average molecular weight is 368 g/mol. The number of nitrogens with one attached hydrogen (secondary N) is 1. The third kappa shape index (κ3) is 4.33. The largest absolute Gasteiger partial charge is 0.486 e. The first-order chi connectivity index (χ1) is 12.9. The first-order valence-corrected chi connectivity index (χ1v) is 8.12. The maximum atomic E-state index is 13.9. The summed E-state index contributed by atoms with van der Waals surface area (Å²) in [5.41, 5.74) is 5.47. The number of hydrogen-bond acceptors (Lipinski definition) is 4. The number of carbonyl (C=O) groups excluding carboxylic acids is 2. The fraction of sp³-hybridized carbons (Fsp3) is 0.100. The average Bonchev–Trinajstić information content (AvgIpc) is 3.13. The number of amides is 2. The van der Waals surface area contributed by atoms with Gasteiger partial charge in [0.25, 0.3) is 5.91 Å². The van der Waals surface area contributed by atoms with Crippen LogP contribution in [0.3, 0.4) is 0 Å². The zero-order chi connectivity index (χ0) is 19.4. The van der Waals surface area contributed by atoms with Gasteiger partial charge < -0.3 is 20.2 Å². The highest BCUT2D eigenvalue weighted by Gasteiger charge is 2.16. The molecular weight excluding hydrogens is 351 g/mol. The molecule has 2 amide bonds. The summed E-state index contributed by atoms with van der Waals surface area (Å²) in [5.74, 6) is -0.844. The Kier molecular flexibility index (Phi) is 5.21. The molecule has 0 fully saturated rings. The molecule has 0 aliphatic rings. The second kappa shape index (κ2) is 7.74. The lowest BCUT2D eigenvalue weighted by Crippen LogP contribution is -2.16. The monoisotopic (exact) mass is 368 g/mol. The molecule has 7 heteroatoms. The van der Waals surface area contributed by atoms with E-state index in [1.54, 1.807) is 18.2 Å². The van der Waals surface area contributed by atoms with E-state index in [0.29, 0.717) is 11.5 Å². The maximum absolute atomic E-state index is 13.9. The smallest absolute Gasteiger partial charge is 0.291 e. The van der Waals surface area contributed by atoms with Gasteiger partial charge in [0.2, 0.25) is 5.91 Å². The van der Waals surface area contributed by atoms with Gasteiger partial charge in [-0.25, -0.2) is 4.39 Å². The molecule has 0 unspecified atom stereocenters. The first-order valence-electron chi connectivity index (χ1n) is 8.12. The molecule has 1 aromatic heterocycles. The van der Waals surface area contributed by atoms with E-state index in [4.69, 9.17) is 14.9 Å². The van der Waals surface area contributed by atoms with Crippen LogP contribution in [0.4, 0.5) is 10.1 Å². The van der Waals surface area contributed by atoms with Crippen LogP contribution in [0.2, 0.25) is 0 Å². The summed E-state index contributed by atoms with van der Waals surface area (Å²) in [5, 5.41) is 2.53. The van der Waals surface area contributed by atoms with Crippen molar-refractivity contribution in [1.82, 2.24) is 0 Å². The first kappa shape index (κ1) is 18.2. The van der Waals surface area contributed by atoms with Gasteiger partial charge in [-0.2, -0.15) is 0 Å². The van der Waals surface area contributed by atoms with Crippen molar-refractivity contribution in [2.75, 3.05) is 5.32 Å². The van der Waals surface area contributed by atoms with Gasteiger partial charge >= 0.3 is 0 Å². The molecule has 0 saturated carbocycles. The van der Waals surface area contributed by atoms with Gasteiger partial charge in [-0.1, -0.05) is 18.2 Å². The molecule has 0 spiro atoms. The Morgan fingerprint density at radius 3 is 2.59 bits per heavy atom. The standard InChI is InChI=1S/C20H17FN2O4/c1-12-16(21)9-13(19(22)24)10-17(12)23-20(25)18-8-7-15(27-18)11-26-14-5-3-2-4-6-14/h2-10H,11H2,1H3,(H2,22,24)(H,23,25). The van der Waals surface area contributed by atoms with E-state index in [1.807, 2.05) is 18.2 Å². The highest BCUT2D eigenvalue weighted by atomic mass is 19.1. The number of para-hydroxylation sites is 1. The molecule has 27 heavy (non-hydrogen) atoms. The van der Waals surface area contributed by atoms with Crippen LogP contribution in [0.25, 0.3) is 0 Å².